The zero-order valence-corrected chi connectivity index (χ0v) is 13.7. The Morgan fingerprint density at radius 3 is 1.84 bits per heavy atom. The van der Waals surface area contributed by atoms with Crippen LogP contribution in [0.4, 0.5) is 0 Å². The van der Waals surface area contributed by atoms with E-state index in [4.69, 9.17) is 14.8 Å². The highest BCUT2D eigenvalue weighted by molar-refractivity contribution is 7.60. The molecule has 0 heterocycles. The van der Waals surface area contributed by atoms with Gasteiger partial charge in [-0.25, -0.2) is 0 Å². The van der Waals surface area contributed by atoms with Gasteiger partial charge in [-0.3, -0.25) is 9.36 Å². The van der Waals surface area contributed by atoms with Crippen LogP contribution in [0.15, 0.2) is 10.9 Å². The summed E-state index contributed by atoms with van der Waals surface area (Å²) in [5.74, 6) is -0.744. The van der Waals surface area contributed by atoms with E-state index in [2.05, 4.69) is 0 Å². The Bertz CT molecular complexity index is 386. The smallest absolute Gasteiger partial charge is 0.365 e. The van der Waals surface area contributed by atoms with Crippen LogP contribution in [0.3, 0.4) is 0 Å². The lowest BCUT2D eigenvalue weighted by molar-refractivity contribution is -0.114. The summed E-state index contributed by atoms with van der Waals surface area (Å²) >= 11 is 0. The van der Waals surface area contributed by atoms with Crippen molar-refractivity contribution in [3.05, 3.63) is 10.9 Å². The molecule has 0 saturated carbocycles. The fourth-order valence-electron chi connectivity index (χ4n) is 1.96. The molecule has 0 spiro atoms. The summed E-state index contributed by atoms with van der Waals surface area (Å²) in [4.78, 5) is 11.7. The molecule has 5 nitrogen and oxygen atoms in total. The second-order valence-electron chi connectivity index (χ2n) is 5.56. The van der Waals surface area contributed by atoms with Gasteiger partial charge in [0.15, 0.2) is 0 Å². The average molecular weight is 291 g/mol. The van der Waals surface area contributed by atoms with Crippen molar-refractivity contribution < 1.29 is 18.4 Å². The van der Waals surface area contributed by atoms with E-state index in [-0.39, 0.29) is 23.9 Å². The van der Waals surface area contributed by atoms with Gasteiger partial charge in [-0.1, -0.05) is 26.3 Å². The van der Waals surface area contributed by atoms with E-state index >= 15 is 0 Å². The highest BCUT2D eigenvalue weighted by atomic mass is 31.2. The van der Waals surface area contributed by atoms with Gasteiger partial charge in [0.25, 0.3) is 5.91 Å². The van der Waals surface area contributed by atoms with Gasteiger partial charge in [0.05, 0.1) is 13.2 Å². The minimum absolute atomic E-state index is 0.00822. The minimum Gasteiger partial charge on any atom is -0.365 e. The molecule has 1 amide bonds. The zero-order valence-electron chi connectivity index (χ0n) is 12.8. The third-order valence-corrected chi connectivity index (χ3v) is 4.65. The molecule has 2 N–H and O–H groups in total. The number of hydrogen-bond acceptors (Lipinski definition) is 4. The summed E-state index contributed by atoms with van der Waals surface area (Å²) in [7, 11) is -3.62. The predicted octanol–water partition coefficient (Wildman–Crippen LogP) is 3.45. The molecule has 0 aliphatic heterocycles. The predicted molar refractivity (Wildman–Crippen MR) is 76.8 cm³/mol. The Kier molecular flexibility index (Phi) is 6.98. The van der Waals surface area contributed by atoms with Crippen LogP contribution in [0.2, 0.25) is 0 Å². The van der Waals surface area contributed by atoms with Crippen molar-refractivity contribution in [3.8, 4) is 0 Å². The van der Waals surface area contributed by atoms with Crippen molar-refractivity contribution in [2.24, 2.45) is 11.1 Å². The molecule has 0 rings (SSSR count). The molecule has 0 aliphatic carbocycles. The van der Waals surface area contributed by atoms with Crippen LogP contribution >= 0.6 is 7.60 Å². The molecule has 0 aliphatic rings. The first-order valence-electron chi connectivity index (χ1n) is 6.46. The molecule has 19 heavy (non-hydrogen) atoms. The Morgan fingerprint density at radius 1 is 1.16 bits per heavy atom. The largest absolute Gasteiger partial charge is 0.366 e. The maximum Gasteiger partial charge on any atom is 0.366 e. The van der Waals surface area contributed by atoms with Crippen LogP contribution in [-0.4, -0.2) is 19.1 Å². The summed E-state index contributed by atoms with van der Waals surface area (Å²) in [6.45, 7) is 11.6. The van der Waals surface area contributed by atoms with Gasteiger partial charge in [-0.05, 0) is 32.6 Å². The Labute approximate surface area is 116 Å². The van der Waals surface area contributed by atoms with E-state index in [0.29, 0.717) is 12.0 Å². The number of allylic oxidation sites excluding steroid dienone is 1. The molecule has 0 aromatic rings. The second-order valence-corrected chi connectivity index (χ2v) is 7.52. The number of primary amides is 1. The number of hydrogen-bond donors (Lipinski definition) is 1. The van der Waals surface area contributed by atoms with Crippen LogP contribution in [0, 0.1) is 5.41 Å². The molecule has 112 valence electrons. The van der Waals surface area contributed by atoms with Crippen molar-refractivity contribution in [3.63, 3.8) is 0 Å². The number of carbonyl (C=O) groups is 1. The van der Waals surface area contributed by atoms with Crippen molar-refractivity contribution in [1.82, 2.24) is 0 Å². The fourth-order valence-corrected chi connectivity index (χ4v) is 3.79. The maximum absolute atomic E-state index is 12.7. The monoisotopic (exact) mass is 291 g/mol. The van der Waals surface area contributed by atoms with E-state index < -0.39 is 13.5 Å². The molecule has 0 radical (unpaired) electrons. The molecule has 0 saturated heterocycles. The molecule has 6 heteroatoms. The van der Waals surface area contributed by atoms with Gasteiger partial charge in [0.1, 0.15) is 5.31 Å². The summed E-state index contributed by atoms with van der Waals surface area (Å²) in [5.41, 5.74) is 5.98. The summed E-state index contributed by atoms with van der Waals surface area (Å²) in [5, 5.41) is -0.00822. The molecular formula is C13H26NO4P. The van der Waals surface area contributed by atoms with Crippen LogP contribution < -0.4 is 5.73 Å². The van der Waals surface area contributed by atoms with E-state index in [9.17, 15) is 9.36 Å². The molecule has 0 unspecified atom stereocenters. The zero-order chi connectivity index (χ0) is 15.3. The van der Waals surface area contributed by atoms with E-state index in [1.165, 1.54) is 0 Å². The lowest BCUT2D eigenvalue weighted by atomic mass is 9.88. The summed E-state index contributed by atoms with van der Waals surface area (Å²) < 4.78 is 23.1. The lowest BCUT2D eigenvalue weighted by Crippen LogP contribution is -2.19. The number of nitrogens with two attached hydrogens (primary N) is 1. The van der Waals surface area contributed by atoms with Gasteiger partial charge in [0.2, 0.25) is 0 Å². The molecular weight excluding hydrogens is 265 g/mol. The standard InChI is InChI=1S/C13H26NO4P/c1-7-17-19(16,18-8-2)11(12(14)15)10(3)9-13(4,5)6/h7-9H2,1-6H3,(H2,14,15)/b11-10+. The van der Waals surface area contributed by atoms with Gasteiger partial charge in [0, 0.05) is 0 Å². The first-order chi connectivity index (χ1) is 8.57. The normalized spacial score (nSPS) is 14.2. The highest BCUT2D eigenvalue weighted by Crippen LogP contribution is 2.57. The number of rotatable bonds is 7. The van der Waals surface area contributed by atoms with Crippen LogP contribution in [0.5, 0.6) is 0 Å². The van der Waals surface area contributed by atoms with Crippen molar-refractivity contribution in [2.45, 2.75) is 48.0 Å². The molecule has 0 aromatic carbocycles. The lowest BCUT2D eigenvalue weighted by Gasteiger charge is -2.24. The second kappa shape index (κ2) is 7.22. The average Bonchev–Trinajstić information content (AvgIpc) is 2.13. The molecule has 0 fully saturated rings. The SMILES string of the molecule is CCOP(=O)(OCC)/C(C(N)=O)=C(\C)CC(C)(C)C. The van der Waals surface area contributed by atoms with Gasteiger partial charge >= 0.3 is 7.60 Å². The van der Waals surface area contributed by atoms with E-state index in [1.54, 1.807) is 20.8 Å². The van der Waals surface area contributed by atoms with Crippen LogP contribution in [0.1, 0.15) is 48.0 Å². The first-order valence-corrected chi connectivity index (χ1v) is 8.01. The highest BCUT2D eigenvalue weighted by Gasteiger charge is 2.36. The number of amides is 1. The Morgan fingerprint density at radius 2 is 1.58 bits per heavy atom. The van der Waals surface area contributed by atoms with E-state index in [0.717, 1.165) is 0 Å². The van der Waals surface area contributed by atoms with Crippen LogP contribution in [-0.2, 0) is 18.4 Å². The van der Waals surface area contributed by atoms with Gasteiger partial charge in [-0.15, -0.1) is 0 Å². The Hall–Kier alpha value is -0.640. The third kappa shape index (κ3) is 5.89. The first kappa shape index (κ1) is 18.4. The van der Waals surface area contributed by atoms with Crippen molar-refractivity contribution in [2.75, 3.05) is 13.2 Å². The summed E-state index contributed by atoms with van der Waals surface area (Å²) in [6.07, 6.45) is 0.593. The van der Waals surface area contributed by atoms with Crippen LogP contribution in [0.25, 0.3) is 0 Å². The fraction of sp³-hybridized carbons (Fsp3) is 0.769. The molecule has 0 aromatic heterocycles. The van der Waals surface area contributed by atoms with Crippen molar-refractivity contribution >= 4 is 13.5 Å². The maximum atomic E-state index is 12.7. The summed E-state index contributed by atoms with van der Waals surface area (Å²) in [6, 6.07) is 0. The Balaban J connectivity index is 5.68. The molecule has 0 bridgehead atoms. The van der Waals surface area contributed by atoms with Gasteiger partial charge in [-0.2, -0.15) is 0 Å². The quantitative estimate of drug-likeness (QED) is 0.575. The third-order valence-electron chi connectivity index (χ3n) is 2.31. The van der Waals surface area contributed by atoms with E-state index in [1.807, 2.05) is 20.8 Å². The minimum atomic E-state index is -3.62. The topological polar surface area (TPSA) is 78.6 Å². The molecule has 0 atom stereocenters. The van der Waals surface area contributed by atoms with Gasteiger partial charge < -0.3 is 14.8 Å². The number of carbonyl (C=O) groups excluding carboxylic acids is 1. The van der Waals surface area contributed by atoms with Crippen molar-refractivity contribution in [1.29, 1.82) is 0 Å².